The molecule has 4 rings (SSSR count). The summed E-state index contributed by atoms with van der Waals surface area (Å²) in [7, 11) is 0. The monoisotopic (exact) mass is 424 g/mol. The fourth-order valence-electron chi connectivity index (χ4n) is 3.51. The van der Waals surface area contributed by atoms with Crippen LogP contribution in [0.3, 0.4) is 0 Å². The zero-order valence-electron chi connectivity index (χ0n) is 17.1. The standard InChI is InChI=1S/C22H24N4O3S/c1-14-5-8-19(23-11-14)25-21(28)16-4-3-9-26(12-16)20(27)10-17-13-30-22(24-17)18-7-6-15(2)29-18/h5-8,11,13,16H,3-4,9-10,12H2,1-2H3,(H,23,25,28). The Morgan fingerprint density at radius 1 is 1.27 bits per heavy atom. The number of furan rings is 1. The van der Waals surface area contributed by atoms with E-state index in [1.807, 2.05) is 37.4 Å². The molecule has 7 nitrogen and oxygen atoms in total. The number of rotatable bonds is 5. The Morgan fingerprint density at radius 3 is 2.87 bits per heavy atom. The van der Waals surface area contributed by atoms with Crippen LogP contribution in [0.15, 0.2) is 40.3 Å². The van der Waals surface area contributed by atoms with E-state index in [1.54, 1.807) is 17.2 Å². The Bertz CT molecular complexity index is 1040. The average molecular weight is 425 g/mol. The van der Waals surface area contributed by atoms with Crippen LogP contribution >= 0.6 is 11.3 Å². The summed E-state index contributed by atoms with van der Waals surface area (Å²) in [6.45, 7) is 4.92. The van der Waals surface area contributed by atoms with E-state index in [1.165, 1.54) is 11.3 Å². The van der Waals surface area contributed by atoms with Gasteiger partial charge in [0.2, 0.25) is 11.8 Å². The number of nitrogens with one attached hydrogen (secondary N) is 1. The molecule has 1 unspecified atom stereocenters. The highest BCUT2D eigenvalue weighted by atomic mass is 32.1. The summed E-state index contributed by atoms with van der Waals surface area (Å²) in [6, 6.07) is 7.48. The van der Waals surface area contributed by atoms with Gasteiger partial charge in [-0.05, 0) is 50.5 Å². The predicted molar refractivity (Wildman–Crippen MR) is 115 cm³/mol. The molecule has 1 atom stereocenters. The summed E-state index contributed by atoms with van der Waals surface area (Å²) in [5.74, 6) is 1.76. The van der Waals surface area contributed by atoms with Crippen molar-refractivity contribution in [1.29, 1.82) is 0 Å². The van der Waals surface area contributed by atoms with Crippen LogP contribution in [-0.4, -0.2) is 39.8 Å². The van der Waals surface area contributed by atoms with Crippen molar-refractivity contribution in [3.8, 4) is 10.8 Å². The summed E-state index contributed by atoms with van der Waals surface area (Å²) in [5, 5.41) is 5.52. The van der Waals surface area contributed by atoms with E-state index in [-0.39, 0.29) is 24.2 Å². The number of nitrogens with zero attached hydrogens (tertiary/aromatic N) is 3. The van der Waals surface area contributed by atoms with Crippen molar-refractivity contribution in [3.63, 3.8) is 0 Å². The number of aryl methyl sites for hydroxylation is 2. The van der Waals surface area contributed by atoms with Gasteiger partial charge in [-0.15, -0.1) is 11.3 Å². The van der Waals surface area contributed by atoms with Gasteiger partial charge in [0.05, 0.1) is 18.0 Å². The maximum atomic E-state index is 12.8. The summed E-state index contributed by atoms with van der Waals surface area (Å²) < 4.78 is 5.60. The molecular formula is C22H24N4O3S. The molecule has 1 aliphatic rings. The largest absolute Gasteiger partial charge is 0.459 e. The van der Waals surface area contributed by atoms with E-state index in [4.69, 9.17) is 4.42 Å². The van der Waals surface area contributed by atoms with Gasteiger partial charge in [0.1, 0.15) is 11.6 Å². The first kappa shape index (κ1) is 20.3. The number of likely N-dealkylation sites (tertiary alicyclic amines) is 1. The maximum absolute atomic E-state index is 12.8. The van der Waals surface area contributed by atoms with Gasteiger partial charge in [0.25, 0.3) is 0 Å². The highest BCUT2D eigenvalue weighted by molar-refractivity contribution is 7.13. The number of hydrogen-bond donors (Lipinski definition) is 1. The van der Waals surface area contributed by atoms with Crippen molar-refractivity contribution in [2.75, 3.05) is 18.4 Å². The number of hydrogen-bond acceptors (Lipinski definition) is 6. The molecule has 0 saturated carbocycles. The van der Waals surface area contributed by atoms with Gasteiger partial charge in [-0.3, -0.25) is 9.59 Å². The van der Waals surface area contributed by atoms with Crippen LogP contribution in [0.5, 0.6) is 0 Å². The number of piperidine rings is 1. The Labute approximate surface area is 179 Å². The summed E-state index contributed by atoms with van der Waals surface area (Å²) in [5.41, 5.74) is 1.76. The van der Waals surface area contributed by atoms with Crippen LogP contribution in [0.1, 0.15) is 29.9 Å². The first-order valence-electron chi connectivity index (χ1n) is 10.0. The lowest BCUT2D eigenvalue weighted by Gasteiger charge is -2.32. The minimum absolute atomic E-state index is 0.00608. The maximum Gasteiger partial charge on any atom is 0.230 e. The lowest BCUT2D eigenvalue weighted by atomic mass is 9.96. The highest BCUT2D eigenvalue weighted by Crippen LogP contribution is 2.26. The van der Waals surface area contributed by atoms with Gasteiger partial charge >= 0.3 is 0 Å². The Balaban J connectivity index is 1.34. The minimum Gasteiger partial charge on any atom is -0.459 e. The zero-order chi connectivity index (χ0) is 21.1. The first-order valence-corrected chi connectivity index (χ1v) is 10.9. The van der Waals surface area contributed by atoms with Gasteiger partial charge in [-0.25, -0.2) is 9.97 Å². The SMILES string of the molecule is Cc1ccc(NC(=O)C2CCCN(C(=O)Cc3csc(-c4ccc(C)o4)n3)C2)nc1. The molecule has 156 valence electrons. The van der Waals surface area contributed by atoms with E-state index >= 15 is 0 Å². The van der Waals surface area contributed by atoms with Crippen LogP contribution in [0.4, 0.5) is 5.82 Å². The minimum atomic E-state index is -0.233. The van der Waals surface area contributed by atoms with Crippen molar-refractivity contribution < 1.29 is 14.0 Å². The van der Waals surface area contributed by atoms with Gasteiger partial charge in [0, 0.05) is 24.7 Å². The number of amides is 2. The smallest absolute Gasteiger partial charge is 0.230 e. The summed E-state index contributed by atoms with van der Waals surface area (Å²) in [6.07, 6.45) is 3.52. The molecule has 0 radical (unpaired) electrons. The second kappa shape index (κ2) is 8.79. The number of pyridine rings is 1. The normalized spacial score (nSPS) is 16.5. The molecule has 1 fully saturated rings. The van der Waals surface area contributed by atoms with Gasteiger partial charge in [-0.1, -0.05) is 6.07 Å². The van der Waals surface area contributed by atoms with Crippen molar-refractivity contribution >= 4 is 29.0 Å². The molecule has 3 aromatic heterocycles. The molecule has 0 aromatic carbocycles. The quantitative estimate of drug-likeness (QED) is 0.672. The topological polar surface area (TPSA) is 88.3 Å². The van der Waals surface area contributed by atoms with E-state index in [9.17, 15) is 9.59 Å². The Morgan fingerprint density at radius 2 is 2.13 bits per heavy atom. The van der Waals surface area contributed by atoms with Gasteiger partial charge in [0.15, 0.2) is 10.8 Å². The Kier molecular flexibility index (Phi) is 5.94. The van der Waals surface area contributed by atoms with Crippen LogP contribution in [-0.2, 0) is 16.0 Å². The van der Waals surface area contributed by atoms with Crippen LogP contribution in [0.2, 0.25) is 0 Å². The van der Waals surface area contributed by atoms with Crippen LogP contribution in [0.25, 0.3) is 10.8 Å². The number of carbonyl (C=O) groups excluding carboxylic acids is 2. The van der Waals surface area contributed by atoms with Crippen molar-refractivity contribution in [3.05, 3.63) is 52.9 Å². The van der Waals surface area contributed by atoms with Crippen LogP contribution in [0, 0.1) is 19.8 Å². The fourth-order valence-corrected chi connectivity index (χ4v) is 4.28. The molecule has 1 N–H and O–H groups in total. The molecule has 0 aliphatic carbocycles. The molecule has 30 heavy (non-hydrogen) atoms. The van der Waals surface area contributed by atoms with Crippen LogP contribution < -0.4 is 5.32 Å². The lowest BCUT2D eigenvalue weighted by molar-refractivity contribution is -0.134. The van der Waals surface area contributed by atoms with E-state index in [2.05, 4.69) is 15.3 Å². The van der Waals surface area contributed by atoms with Gasteiger partial charge in [-0.2, -0.15) is 0 Å². The fraction of sp³-hybridized carbons (Fsp3) is 0.364. The number of anilines is 1. The highest BCUT2D eigenvalue weighted by Gasteiger charge is 2.29. The third kappa shape index (κ3) is 4.76. The molecule has 0 bridgehead atoms. The molecular weight excluding hydrogens is 400 g/mol. The molecule has 3 aromatic rings. The second-order valence-electron chi connectivity index (χ2n) is 7.62. The zero-order valence-corrected chi connectivity index (χ0v) is 17.9. The van der Waals surface area contributed by atoms with Crippen molar-refractivity contribution in [1.82, 2.24) is 14.9 Å². The molecule has 1 aliphatic heterocycles. The average Bonchev–Trinajstić information content (AvgIpc) is 3.38. The first-order chi connectivity index (χ1) is 14.5. The number of aromatic nitrogens is 2. The summed E-state index contributed by atoms with van der Waals surface area (Å²) >= 11 is 1.47. The summed E-state index contributed by atoms with van der Waals surface area (Å²) in [4.78, 5) is 36.0. The third-order valence-electron chi connectivity index (χ3n) is 5.14. The number of thiazole rings is 1. The van der Waals surface area contributed by atoms with E-state index < -0.39 is 0 Å². The third-order valence-corrected chi connectivity index (χ3v) is 6.05. The predicted octanol–water partition coefficient (Wildman–Crippen LogP) is 3.83. The van der Waals surface area contributed by atoms with E-state index in [0.29, 0.717) is 18.9 Å². The van der Waals surface area contributed by atoms with E-state index in [0.717, 1.165) is 40.6 Å². The second-order valence-corrected chi connectivity index (χ2v) is 8.48. The molecule has 8 heteroatoms. The molecule has 0 spiro atoms. The molecule has 2 amide bonds. The molecule has 4 heterocycles. The molecule has 1 saturated heterocycles. The lowest BCUT2D eigenvalue weighted by Crippen LogP contribution is -2.44. The Hall–Kier alpha value is -3.00. The van der Waals surface area contributed by atoms with Crippen molar-refractivity contribution in [2.45, 2.75) is 33.1 Å². The van der Waals surface area contributed by atoms with Crippen molar-refractivity contribution in [2.24, 2.45) is 5.92 Å². The van der Waals surface area contributed by atoms with Gasteiger partial charge < -0.3 is 14.6 Å². The number of carbonyl (C=O) groups is 2.